The lowest BCUT2D eigenvalue weighted by atomic mass is 10.1. The van der Waals surface area contributed by atoms with Crippen molar-refractivity contribution in [1.29, 1.82) is 0 Å². The van der Waals surface area contributed by atoms with Gasteiger partial charge in [0.1, 0.15) is 11.5 Å². The van der Waals surface area contributed by atoms with E-state index in [1.807, 2.05) is 24.3 Å². The number of hydrogen-bond acceptors (Lipinski definition) is 6. The van der Waals surface area contributed by atoms with Gasteiger partial charge in [0.15, 0.2) is 0 Å². The molecule has 0 saturated carbocycles. The second kappa shape index (κ2) is 8.15. The van der Waals surface area contributed by atoms with Crippen molar-refractivity contribution < 1.29 is 18.8 Å². The van der Waals surface area contributed by atoms with Crippen LogP contribution in [0.1, 0.15) is 16.2 Å². The molecule has 1 aromatic heterocycles. The average Bonchev–Trinajstić information content (AvgIpc) is 3.18. The molecule has 26 heavy (non-hydrogen) atoms. The Kier molecular flexibility index (Phi) is 5.48. The van der Waals surface area contributed by atoms with Crippen molar-refractivity contribution in [2.75, 3.05) is 20.8 Å². The van der Waals surface area contributed by atoms with Gasteiger partial charge in [0.2, 0.25) is 5.82 Å². The van der Waals surface area contributed by atoms with Gasteiger partial charge in [-0.05, 0) is 42.3 Å². The highest BCUT2D eigenvalue weighted by Crippen LogP contribution is 2.20. The van der Waals surface area contributed by atoms with Crippen LogP contribution in [0, 0.1) is 0 Å². The van der Waals surface area contributed by atoms with Gasteiger partial charge < -0.3 is 19.3 Å². The maximum Gasteiger partial charge on any atom is 0.316 e. The fourth-order valence-corrected chi connectivity index (χ4v) is 2.47. The molecule has 2 aromatic carbocycles. The SMILES string of the molecule is COc1ccc(-c2noc(C(=O)NCCc3ccccc3OC)n2)cc1. The summed E-state index contributed by atoms with van der Waals surface area (Å²) < 4.78 is 15.5. The number of ether oxygens (including phenoxy) is 2. The molecule has 0 atom stereocenters. The maximum absolute atomic E-state index is 12.2. The van der Waals surface area contributed by atoms with Crippen molar-refractivity contribution in [3.8, 4) is 22.9 Å². The Bertz CT molecular complexity index is 875. The first kappa shape index (κ1) is 17.5. The van der Waals surface area contributed by atoms with E-state index < -0.39 is 5.91 Å². The van der Waals surface area contributed by atoms with Crippen LogP contribution < -0.4 is 14.8 Å². The maximum atomic E-state index is 12.2. The van der Waals surface area contributed by atoms with Crippen LogP contribution in [-0.4, -0.2) is 36.8 Å². The molecule has 0 aliphatic carbocycles. The smallest absolute Gasteiger partial charge is 0.316 e. The summed E-state index contributed by atoms with van der Waals surface area (Å²) in [4.78, 5) is 16.3. The molecular weight excluding hydrogens is 334 g/mol. The van der Waals surface area contributed by atoms with Crippen molar-refractivity contribution in [3.05, 3.63) is 60.0 Å². The highest BCUT2D eigenvalue weighted by molar-refractivity contribution is 5.89. The molecule has 0 radical (unpaired) electrons. The highest BCUT2D eigenvalue weighted by Gasteiger charge is 2.16. The number of nitrogens with zero attached hydrogens (tertiary/aromatic N) is 2. The summed E-state index contributed by atoms with van der Waals surface area (Å²) in [7, 11) is 3.22. The molecule has 1 N–H and O–H groups in total. The van der Waals surface area contributed by atoms with E-state index in [-0.39, 0.29) is 5.89 Å². The van der Waals surface area contributed by atoms with Gasteiger partial charge >= 0.3 is 11.8 Å². The Hall–Kier alpha value is -3.35. The molecule has 0 fully saturated rings. The van der Waals surface area contributed by atoms with Gasteiger partial charge in [0, 0.05) is 12.1 Å². The zero-order chi connectivity index (χ0) is 18.4. The summed E-state index contributed by atoms with van der Waals surface area (Å²) >= 11 is 0. The minimum atomic E-state index is -0.410. The van der Waals surface area contributed by atoms with E-state index in [9.17, 15) is 4.79 Å². The number of amides is 1. The Morgan fingerprint density at radius 3 is 2.58 bits per heavy atom. The van der Waals surface area contributed by atoms with Crippen molar-refractivity contribution in [1.82, 2.24) is 15.5 Å². The summed E-state index contributed by atoms with van der Waals surface area (Å²) in [5.41, 5.74) is 1.75. The number of benzene rings is 2. The normalized spacial score (nSPS) is 10.4. The molecule has 0 bridgehead atoms. The van der Waals surface area contributed by atoms with Gasteiger partial charge in [0.25, 0.3) is 0 Å². The van der Waals surface area contributed by atoms with Crippen molar-refractivity contribution in [2.45, 2.75) is 6.42 Å². The van der Waals surface area contributed by atoms with Gasteiger partial charge in [-0.3, -0.25) is 4.79 Å². The van der Waals surface area contributed by atoms with E-state index in [0.717, 1.165) is 22.6 Å². The Labute approximate surface area is 150 Å². The number of rotatable bonds is 7. The Balaban J connectivity index is 1.59. The first-order chi connectivity index (χ1) is 12.7. The van der Waals surface area contributed by atoms with Crippen LogP contribution >= 0.6 is 0 Å². The molecule has 3 aromatic rings. The summed E-state index contributed by atoms with van der Waals surface area (Å²) in [5, 5.41) is 6.62. The summed E-state index contributed by atoms with van der Waals surface area (Å²) in [6, 6.07) is 14.9. The lowest BCUT2D eigenvalue weighted by molar-refractivity contribution is 0.0910. The van der Waals surface area contributed by atoms with E-state index in [2.05, 4.69) is 15.5 Å². The number of aromatic nitrogens is 2. The molecule has 134 valence electrons. The predicted octanol–water partition coefficient (Wildman–Crippen LogP) is 2.73. The van der Waals surface area contributed by atoms with Crippen LogP contribution in [0.3, 0.4) is 0 Å². The lowest BCUT2D eigenvalue weighted by Gasteiger charge is -2.08. The highest BCUT2D eigenvalue weighted by atomic mass is 16.5. The Morgan fingerprint density at radius 2 is 1.85 bits per heavy atom. The molecule has 0 spiro atoms. The van der Waals surface area contributed by atoms with E-state index in [4.69, 9.17) is 14.0 Å². The van der Waals surface area contributed by atoms with Crippen LogP contribution in [0.4, 0.5) is 0 Å². The molecule has 1 heterocycles. The van der Waals surface area contributed by atoms with Gasteiger partial charge in [-0.15, -0.1) is 0 Å². The zero-order valence-corrected chi connectivity index (χ0v) is 14.6. The largest absolute Gasteiger partial charge is 0.497 e. The first-order valence-electron chi connectivity index (χ1n) is 8.09. The number of nitrogens with one attached hydrogen (secondary N) is 1. The van der Waals surface area contributed by atoms with Crippen molar-refractivity contribution in [3.63, 3.8) is 0 Å². The number of carbonyl (C=O) groups excluding carboxylic acids is 1. The number of carbonyl (C=O) groups is 1. The first-order valence-corrected chi connectivity index (χ1v) is 8.09. The van der Waals surface area contributed by atoms with Crippen molar-refractivity contribution >= 4 is 5.91 Å². The minimum Gasteiger partial charge on any atom is -0.497 e. The van der Waals surface area contributed by atoms with Crippen LogP contribution in [0.15, 0.2) is 53.1 Å². The summed E-state index contributed by atoms with van der Waals surface area (Å²) in [6.07, 6.45) is 0.634. The molecule has 0 aliphatic rings. The number of methoxy groups -OCH3 is 2. The quantitative estimate of drug-likeness (QED) is 0.703. The minimum absolute atomic E-state index is 0.0733. The van der Waals surface area contributed by atoms with E-state index >= 15 is 0 Å². The van der Waals surface area contributed by atoms with Crippen molar-refractivity contribution in [2.24, 2.45) is 0 Å². The van der Waals surface area contributed by atoms with E-state index in [1.54, 1.807) is 38.5 Å². The van der Waals surface area contributed by atoms with Crippen LogP contribution in [0.2, 0.25) is 0 Å². The lowest BCUT2D eigenvalue weighted by Crippen LogP contribution is -2.26. The molecular formula is C19H19N3O4. The fourth-order valence-electron chi connectivity index (χ4n) is 2.47. The van der Waals surface area contributed by atoms with E-state index in [0.29, 0.717) is 18.8 Å². The van der Waals surface area contributed by atoms with Crippen LogP contribution in [-0.2, 0) is 6.42 Å². The second-order valence-electron chi connectivity index (χ2n) is 5.47. The molecule has 0 aliphatic heterocycles. The predicted molar refractivity (Wildman–Crippen MR) is 95.3 cm³/mol. The van der Waals surface area contributed by atoms with Crippen LogP contribution in [0.25, 0.3) is 11.4 Å². The number of para-hydroxylation sites is 1. The average molecular weight is 353 g/mol. The third-order valence-corrected chi connectivity index (χ3v) is 3.84. The molecule has 7 heteroatoms. The molecule has 0 saturated heterocycles. The third-order valence-electron chi connectivity index (χ3n) is 3.84. The van der Waals surface area contributed by atoms with Gasteiger partial charge in [-0.25, -0.2) is 0 Å². The molecule has 3 rings (SSSR count). The topological polar surface area (TPSA) is 86.5 Å². The molecule has 0 unspecified atom stereocenters. The zero-order valence-electron chi connectivity index (χ0n) is 14.6. The number of hydrogen-bond donors (Lipinski definition) is 1. The molecule has 1 amide bonds. The van der Waals surface area contributed by atoms with Gasteiger partial charge in [-0.1, -0.05) is 23.4 Å². The van der Waals surface area contributed by atoms with E-state index in [1.165, 1.54) is 0 Å². The van der Waals surface area contributed by atoms with Gasteiger partial charge in [0.05, 0.1) is 14.2 Å². The third kappa shape index (κ3) is 4.00. The van der Waals surface area contributed by atoms with Crippen LogP contribution in [0.5, 0.6) is 11.5 Å². The second-order valence-corrected chi connectivity index (χ2v) is 5.47. The van der Waals surface area contributed by atoms with Gasteiger partial charge in [-0.2, -0.15) is 4.98 Å². The summed E-state index contributed by atoms with van der Waals surface area (Å²) in [5.74, 6) is 1.39. The monoisotopic (exact) mass is 353 g/mol. The molecule has 7 nitrogen and oxygen atoms in total. The fraction of sp³-hybridized carbons (Fsp3) is 0.211. The standard InChI is InChI=1S/C19H19N3O4/c1-24-15-9-7-14(8-10-15)17-21-19(26-22-17)18(23)20-12-11-13-5-3-4-6-16(13)25-2/h3-10H,11-12H2,1-2H3,(H,20,23). The Morgan fingerprint density at radius 1 is 1.08 bits per heavy atom. The summed E-state index contributed by atoms with van der Waals surface area (Å²) in [6.45, 7) is 0.430.